The molecule has 1 aromatic carbocycles. The lowest BCUT2D eigenvalue weighted by atomic mass is 9.98. The number of carbonyl (C=O) groups is 2. The number of anilines is 1. The van der Waals surface area contributed by atoms with Crippen LogP contribution < -0.4 is 5.32 Å². The van der Waals surface area contributed by atoms with Crippen LogP contribution in [0.5, 0.6) is 0 Å². The first-order chi connectivity index (χ1) is 8.88. The number of rotatable bonds is 1. The van der Waals surface area contributed by atoms with Gasteiger partial charge >= 0.3 is 5.69 Å². The minimum Gasteiger partial charge on any atom is -0.410 e. The number of amides is 1. The fraction of sp³-hybridized carbons (Fsp3) is 0. The van der Waals surface area contributed by atoms with Gasteiger partial charge in [-0.3, -0.25) is 19.7 Å². The van der Waals surface area contributed by atoms with Crippen molar-refractivity contribution in [2.75, 3.05) is 5.32 Å². The molecule has 0 atom stereocenters. The summed E-state index contributed by atoms with van der Waals surface area (Å²) < 4.78 is 0. The van der Waals surface area contributed by atoms with E-state index in [1.165, 1.54) is 0 Å². The van der Waals surface area contributed by atoms with Crippen molar-refractivity contribution >= 4 is 52.0 Å². The Morgan fingerprint density at radius 3 is 2.47 bits per heavy atom. The van der Waals surface area contributed by atoms with E-state index in [1.807, 2.05) is 5.32 Å². The maximum atomic E-state index is 11.5. The first kappa shape index (κ1) is 13.2. The highest BCUT2D eigenvalue weighted by molar-refractivity contribution is 6.73. The van der Waals surface area contributed by atoms with E-state index in [0.717, 1.165) is 6.07 Å². The van der Waals surface area contributed by atoms with Gasteiger partial charge in [-0.25, -0.2) is 0 Å². The summed E-state index contributed by atoms with van der Waals surface area (Å²) >= 11 is 11.5. The minimum atomic E-state index is -1.18. The quantitative estimate of drug-likeness (QED) is 0.353. The van der Waals surface area contributed by atoms with Gasteiger partial charge < -0.3 is 10.5 Å². The molecule has 8 nitrogen and oxygen atoms in total. The van der Waals surface area contributed by atoms with Crippen molar-refractivity contribution in [1.29, 1.82) is 0 Å². The third-order valence-electron chi connectivity index (χ3n) is 2.38. The molecule has 1 heterocycles. The summed E-state index contributed by atoms with van der Waals surface area (Å²) in [5.41, 5.74) is -1.93. The SMILES string of the molecule is O=C1Nc2c(c(Cl)cc(Cl)c2[N+](=O)[O-])/C(=N/O)C1=O. The lowest BCUT2D eigenvalue weighted by Gasteiger charge is -2.18. The molecular formula is C9H3Cl2N3O5. The van der Waals surface area contributed by atoms with E-state index >= 15 is 0 Å². The molecule has 0 unspecified atom stereocenters. The summed E-state index contributed by atoms with van der Waals surface area (Å²) in [6, 6.07) is 1.02. The van der Waals surface area contributed by atoms with Gasteiger partial charge in [0.25, 0.3) is 11.7 Å². The highest BCUT2D eigenvalue weighted by Crippen LogP contribution is 2.41. The van der Waals surface area contributed by atoms with E-state index in [9.17, 15) is 19.7 Å². The molecule has 2 N–H and O–H groups in total. The second-order valence-electron chi connectivity index (χ2n) is 3.43. The third-order valence-corrected chi connectivity index (χ3v) is 2.97. The minimum absolute atomic E-state index is 0.160. The zero-order valence-corrected chi connectivity index (χ0v) is 10.3. The molecule has 1 aliphatic heterocycles. The van der Waals surface area contributed by atoms with Crippen LogP contribution in [0.3, 0.4) is 0 Å². The number of hydrogen-bond donors (Lipinski definition) is 2. The predicted molar refractivity (Wildman–Crippen MR) is 65.1 cm³/mol. The van der Waals surface area contributed by atoms with Crippen LogP contribution in [0.2, 0.25) is 10.0 Å². The number of nitrogens with zero attached hydrogens (tertiary/aromatic N) is 2. The molecule has 2 rings (SSSR count). The molecule has 0 saturated carbocycles. The van der Waals surface area contributed by atoms with E-state index in [1.54, 1.807) is 0 Å². The van der Waals surface area contributed by atoms with Crippen LogP contribution in [-0.4, -0.2) is 27.5 Å². The van der Waals surface area contributed by atoms with Crippen molar-refractivity contribution in [3.63, 3.8) is 0 Å². The first-order valence-corrected chi connectivity index (χ1v) is 5.38. The van der Waals surface area contributed by atoms with Gasteiger partial charge in [0.15, 0.2) is 5.71 Å². The molecule has 98 valence electrons. The van der Waals surface area contributed by atoms with Crippen LogP contribution >= 0.6 is 23.2 Å². The van der Waals surface area contributed by atoms with Crippen molar-refractivity contribution in [2.45, 2.75) is 0 Å². The van der Waals surface area contributed by atoms with E-state index in [2.05, 4.69) is 5.16 Å². The highest BCUT2D eigenvalue weighted by Gasteiger charge is 2.38. The summed E-state index contributed by atoms with van der Waals surface area (Å²) in [7, 11) is 0. The Morgan fingerprint density at radius 2 is 1.95 bits per heavy atom. The summed E-state index contributed by atoms with van der Waals surface area (Å²) in [6.45, 7) is 0. The van der Waals surface area contributed by atoms with Gasteiger partial charge in [-0.2, -0.15) is 0 Å². The standard InChI is InChI=1S/C9H3Cl2N3O5/c10-2-1-3(11)7(14(18)19)5-4(2)6(13-17)8(15)9(16)12-5/h1,17H,(H,12,16)/b13-6-. The molecule has 19 heavy (non-hydrogen) atoms. The topological polar surface area (TPSA) is 122 Å². The third kappa shape index (κ3) is 1.90. The fourth-order valence-corrected chi connectivity index (χ4v) is 2.25. The normalized spacial score (nSPS) is 16.2. The zero-order valence-electron chi connectivity index (χ0n) is 8.81. The molecule has 1 amide bonds. The molecule has 0 fully saturated rings. The Labute approximate surface area is 114 Å². The van der Waals surface area contributed by atoms with Gasteiger partial charge in [0.2, 0.25) is 0 Å². The molecule has 1 aliphatic rings. The molecule has 0 radical (unpaired) electrons. The average molecular weight is 304 g/mol. The Hall–Kier alpha value is -2.19. The summed E-state index contributed by atoms with van der Waals surface area (Å²) in [6.07, 6.45) is 0. The maximum Gasteiger partial charge on any atom is 0.312 e. The summed E-state index contributed by atoms with van der Waals surface area (Å²) in [5.74, 6) is -2.34. The molecule has 0 aliphatic carbocycles. The predicted octanol–water partition coefficient (Wildman–Crippen LogP) is 1.60. The number of hydrogen-bond acceptors (Lipinski definition) is 6. The summed E-state index contributed by atoms with van der Waals surface area (Å²) in [5, 5.41) is 23.9. The Kier molecular flexibility index (Phi) is 3.13. The van der Waals surface area contributed by atoms with Gasteiger partial charge in [0.1, 0.15) is 10.7 Å². The van der Waals surface area contributed by atoms with Gasteiger partial charge in [-0.1, -0.05) is 28.4 Å². The van der Waals surface area contributed by atoms with Gasteiger partial charge in [0, 0.05) is 0 Å². The first-order valence-electron chi connectivity index (χ1n) is 4.63. The maximum absolute atomic E-state index is 11.5. The lowest BCUT2D eigenvalue weighted by Crippen LogP contribution is -2.36. The highest BCUT2D eigenvalue weighted by atomic mass is 35.5. The van der Waals surface area contributed by atoms with Gasteiger partial charge in [0.05, 0.1) is 15.5 Å². The molecule has 1 aromatic rings. The molecule has 0 aromatic heterocycles. The molecule has 0 bridgehead atoms. The Bertz CT molecular complexity index is 670. The molecule has 0 saturated heterocycles. The van der Waals surface area contributed by atoms with E-state index < -0.39 is 28.0 Å². The van der Waals surface area contributed by atoms with Crippen LogP contribution in [0.4, 0.5) is 11.4 Å². The number of nitro benzene ring substituents is 1. The second kappa shape index (κ2) is 4.48. The van der Waals surface area contributed by atoms with E-state index in [0.29, 0.717) is 0 Å². The van der Waals surface area contributed by atoms with Crippen LogP contribution in [-0.2, 0) is 9.59 Å². The van der Waals surface area contributed by atoms with E-state index in [4.69, 9.17) is 28.4 Å². The van der Waals surface area contributed by atoms with Crippen molar-refractivity contribution < 1.29 is 19.7 Å². The average Bonchev–Trinajstić information content (AvgIpc) is 2.31. The van der Waals surface area contributed by atoms with Crippen molar-refractivity contribution in [3.8, 4) is 0 Å². The number of nitrogens with one attached hydrogen (secondary N) is 1. The number of oxime groups is 1. The summed E-state index contributed by atoms with van der Waals surface area (Å²) in [4.78, 5) is 32.9. The monoisotopic (exact) mass is 303 g/mol. The fourth-order valence-electron chi connectivity index (χ4n) is 1.63. The van der Waals surface area contributed by atoms with Crippen LogP contribution in [0, 0.1) is 10.1 Å². The van der Waals surface area contributed by atoms with Crippen molar-refractivity contribution in [3.05, 3.63) is 31.8 Å². The van der Waals surface area contributed by atoms with Crippen molar-refractivity contribution in [1.82, 2.24) is 0 Å². The Morgan fingerprint density at radius 1 is 1.32 bits per heavy atom. The van der Waals surface area contributed by atoms with Crippen LogP contribution in [0.25, 0.3) is 0 Å². The smallest absolute Gasteiger partial charge is 0.312 e. The molecule has 10 heteroatoms. The number of carbonyl (C=O) groups excluding carboxylic acids is 2. The van der Waals surface area contributed by atoms with Crippen LogP contribution in [0.15, 0.2) is 11.2 Å². The van der Waals surface area contributed by atoms with Gasteiger partial charge in [-0.15, -0.1) is 0 Å². The number of halogens is 2. The number of Topliss-reactive ketones (excluding diaryl/α,β-unsaturated/α-hetero) is 1. The number of benzene rings is 1. The van der Waals surface area contributed by atoms with Gasteiger partial charge in [-0.05, 0) is 6.07 Å². The lowest BCUT2D eigenvalue weighted by molar-refractivity contribution is -0.383. The van der Waals surface area contributed by atoms with Crippen LogP contribution in [0.1, 0.15) is 5.56 Å². The number of ketones is 1. The molecular weight excluding hydrogens is 301 g/mol. The Balaban J connectivity index is 2.89. The molecule has 0 spiro atoms. The zero-order chi connectivity index (χ0) is 14.3. The van der Waals surface area contributed by atoms with Crippen molar-refractivity contribution in [2.24, 2.45) is 5.16 Å². The van der Waals surface area contributed by atoms with E-state index in [-0.39, 0.29) is 21.3 Å². The number of fused-ring (bicyclic) bond motifs is 1. The number of nitro groups is 1. The second-order valence-corrected chi connectivity index (χ2v) is 4.24. The largest absolute Gasteiger partial charge is 0.410 e.